The van der Waals surface area contributed by atoms with Crippen molar-refractivity contribution in [3.05, 3.63) is 35.8 Å². The molecule has 11 heavy (non-hydrogen) atoms. The third kappa shape index (κ3) is 1.08. The van der Waals surface area contributed by atoms with Crippen molar-refractivity contribution in [1.82, 2.24) is 0 Å². The molecule has 3 heteroatoms. The number of rotatable bonds is 1. The van der Waals surface area contributed by atoms with Crippen molar-refractivity contribution in [1.29, 1.82) is 0 Å². The number of carbonyl (C=O) groups is 1. The molecule has 0 aromatic heterocycles. The number of hydrogen-bond acceptors (Lipinski definition) is 2. The maximum absolute atomic E-state index is 11.0. The van der Waals surface area contributed by atoms with Gasteiger partial charge in [0.15, 0.2) is 11.5 Å². The van der Waals surface area contributed by atoms with Gasteiger partial charge in [-0.15, -0.1) is 0 Å². The minimum Gasteiger partial charge on any atom is -0.379 e. The molecule has 1 aliphatic carbocycles. The smallest absolute Gasteiger partial charge is 0.179 e. The summed E-state index contributed by atoms with van der Waals surface area (Å²) in [5, 5.41) is 9.41. The third-order valence-electron chi connectivity index (χ3n) is 1.66. The van der Waals surface area contributed by atoms with Gasteiger partial charge in [0.2, 0.25) is 0 Å². The number of aliphatic hydroxyl groups is 1. The van der Waals surface area contributed by atoms with Crippen molar-refractivity contribution in [2.45, 2.75) is 12.0 Å². The van der Waals surface area contributed by atoms with Gasteiger partial charge in [-0.05, 0) is 6.08 Å². The van der Waals surface area contributed by atoms with Crippen LogP contribution in [-0.2, 0) is 4.79 Å². The molecular weight excluding hydrogens is 142 g/mol. The van der Waals surface area contributed by atoms with Crippen molar-refractivity contribution >= 4 is 5.78 Å². The number of hydrogen-bond donors (Lipinski definition) is 1. The minimum absolute atomic E-state index is 0.0683. The molecule has 0 saturated carbocycles. The van der Waals surface area contributed by atoms with Gasteiger partial charge in [-0.25, -0.2) is 4.85 Å². The lowest BCUT2D eigenvalue weighted by molar-refractivity contribution is -0.126. The maximum Gasteiger partial charge on any atom is 0.179 e. The molecule has 1 rings (SSSR count). The Morgan fingerprint density at radius 2 is 2.55 bits per heavy atom. The highest BCUT2D eigenvalue weighted by molar-refractivity contribution is 6.02. The summed E-state index contributed by atoms with van der Waals surface area (Å²) in [6.45, 7) is 9.93. The molecule has 1 atom stereocenters. The van der Waals surface area contributed by atoms with E-state index in [1.807, 2.05) is 0 Å². The Morgan fingerprint density at radius 3 is 2.82 bits per heavy atom. The van der Waals surface area contributed by atoms with Crippen molar-refractivity contribution < 1.29 is 9.90 Å². The fourth-order valence-corrected chi connectivity index (χ4v) is 0.935. The van der Waals surface area contributed by atoms with E-state index in [0.717, 1.165) is 6.08 Å². The molecule has 1 unspecified atom stereocenters. The van der Waals surface area contributed by atoms with E-state index in [4.69, 9.17) is 6.57 Å². The summed E-state index contributed by atoms with van der Waals surface area (Å²) >= 11 is 0. The van der Waals surface area contributed by atoms with Gasteiger partial charge in [-0.2, -0.15) is 0 Å². The molecule has 0 bridgehead atoms. The van der Waals surface area contributed by atoms with Crippen LogP contribution >= 0.6 is 0 Å². The Morgan fingerprint density at radius 1 is 1.91 bits per heavy atom. The summed E-state index contributed by atoms with van der Waals surface area (Å²) < 4.78 is 0. The van der Waals surface area contributed by atoms with Gasteiger partial charge in [0.25, 0.3) is 0 Å². The zero-order valence-electron chi connectivity index (χ0n) is 5.87. The van der Waals surface area contributed by atoms with Crippen LogP contribution in [0.1, 0.15) is 6.42 Å². The highest BCUT2D eigenvalue weighted by atomic mass is 16.3. The van der Waals surface area contributed by atoms with Crippen LogP contribution in [0.25, 0.3) is 4.85 Å². The number of nitrogens with zero attached hydrogens (tertiary/aromatic N) is 1. The second-order valence-electron chi connectivity index (χ2n) is 2.42. The van der Waals surface area contributed by atoms with Gasteiger partial charge in [0.1, 0.15) is 5.60 Å². The first-order valence-electron chi connectivity index (χ1n) is 3.11. The largest absolute Gasteiger partial charge is 0.379 e. The summed E-state index contributed by atoms with van der Waals surface area (Å²) in [5.41, 5.74) is -1.22. The van der Waals surface area contributed by atoms with E-state index in [1.54, 1.807) is 0 Å². The van der Waals surface area contributed by atoms with E-state index in [2.05, 4.69) is 11.4 Å². The first-order chi connectivity index (χ1) is 5.12. The summed E-state index contributed by atoms with van der Waals surface area (Å²) in [6.07, 6.45) is 2.40. The van der Waals surface area contributed by atoms with Gasteiger partial charge >= 0.3 is 0 Å². The minimum atomic E-state index is -1.51. The standard InChI is InChI=1S/C8H7NO2/c1-3-8(11)5-6(9-2)4-7(8)10/h3-4,11H,1,5H2. The van der Waals surface area contributed by atoms with E-state index in [1.165, 1.54) is 6.08 Å². The van der Waals surface area contributed by atoms with Crippen LogP contribution < -0.4 is 0 Å². The molecule has 1 aliphatic rings. The summed E-state index contributed by atoms with van der Waals surface area (Å²) in [6, 6.07) is 0. The van der Waals surface area contributed by atoms with E-state index >= 15 is 0 Å². The Kier molecular flexibility index (Phi) is 1.63. The molecule has 0 aromatic carbocycles. The monoisotopic (exact) mass is 149 g/mol. The summed E-state index contributed by atoms with van der Waals surface area (Å²) in [5.74, 6) is -0.446. The quantitative estimate of drug-likeness (QED) is 0.440. The number of carbonyl (C=O) groups excluding carboxylic acids is 1. The SMILES string of the molecule is [C-]#[N+]C1=CC(=O)C(O)(C=C)C1. The topological polar surface area (TPSA) is 41.7 Å². The van der Waals surface area contributed by atoms with Gasteiger partial charge in [0.05, 0.1) is 6.57 Å². The molecule has 0 heterocycles. The Hall–Kier alpha value is -1.40. The average molecular weight is 149 g/mol. The zero-order chi connectivity index (χ0) is 8.48. The van der Waals surface area contributed by atoms with Gasteiger partial charge < -0.3 is 5.11 Å². The molecule has 0 radical (unpaired) electrons. The number of ketones is 1. The Balaban J connectivity index is 2.95. The van der Waals surface area contributed by atoms with Crippen LogP contribution in [0.3, 0.4) is 0 Å². The average Bonchev–Trinajstić information content (AvgIpc) is 2.29. The maximum atomic E-state index is 11.0. The van der Waals surface area contributed by atoms with Crippen LogP contribution in [0.5, 0.6) is 0 Å². The molecule has 0 amide bonds. The highest BCUT2D eigenvalue weighted by Gasteiger charge is 2.37. The molecule has 1 N–H and O–H groups in total. The fraction of sp³-hybridized carbons (Fsp3) is 0.250. The van der Waals surface area contributed by atoms with E-state index in [9.17, 15) is 9.90 Å². The molecule has 56 valence electrons. The van der Waals surface area contributed by atoms with Crippen LogP contribution in [0, 0.1) is 6.57 Å². The van der Waals surface area contributed by atoms with E-state index in [-0.39, 0.29) is 12.1 Å². The second kappa shape index (κ2) is 2.33. The normalized spacial score (nSPS) is 29.5. The molecule has 3 nitrogen and oxygen atoms in total. The highest BCUT2D eigenvalue weighted by Crippen LogP contribution is 2.27. The van der Waals surface area contributed by atoms with Crippen LogP contribution in [0.15, 0.2) is 24.4 Å². The van der Waals surface area contributed by atoms with Crippen LogP contribution in [0.4, 0.5) is 0 Å². The van der Waals surface area contributed by atoms with Crippen molar-refractivity contribution in [2.24, 2.45) is 0 Å². The molecule has 0 aromatic rings. The lowest BCUT2D eigenvalue weighted by Gasteiger charge is -2.14. The van der Waals surface area contributed by atoms with Crippen LogP contribution in [-0.4, -0.2) is 16.5 Å². The van der Waals surface area contributed by atoms with Crippen LogP contribution in [0.2, 0.25) is 0 Å². The van der Waals surface area contributed by atoms with Crippen molar-refractivity contribution in [3.63, 3.8) is 0 Å². The second-order valence-corrected chi connectivity index (χ2v) is 2.42. The lowest BCUT2D eigenvalue weighted by atomic mass is 10.0. The Bertz CT molecular complexity index is 285. The predicted molar refractivity (Wildman–Crippen MR) is 39.5 cm³/mol. The van der Waals surface area contributed by atoms with E-state index in [0.29, 0.717) is 0 Å². The molecule has 0 aliphatic heterocycles. The van der Waals surface area contributed by atoms with Gasteiger partial charge in [0, 0.05) is 6.42 Å². The van der Waals surface area contributed by atoms with Crippen molar-refractivity contribution in [3.8, 4) is 0 Å². The molecule has 0 saturated heterocycles. The molecular formula is C8H7NO2. The summed E-state index contributed by atoms with van der Waals surface area (Å²) in [4.78, 5) is 14.0. The molecule has 0 fully saturated rings. The molecule has 0 spiro atoms. The van der Waals surface area contributed by atoms with E-state index < -0.39 is 11.4 Å². The zero-order valence-corrected chi connectivity index (χ0v) is 5.87. The van der Waals surface area contributed by atoms with Crippen molar-refractivity contribution in [2.75, 3.05) is 0 Å². The third-order valence-corrected chi connectivity index (χ3v) is 1.66. The van der Waals surface area contributed by atoms with Gasteiger partial charge in [-0.3, -0.25) is 4.79 Å². The Labute approximate surface area is 64.5 Å². The first kappa shape index (κ1) is 7.70. The summed E-state index contributed by atoms with van der Waals surface area (Å²) in [7, 11) is 0. The first-order valence-corrected chi connectivity index (χ1v) is 3.11. The fourth-order valence-electron chi connectivity index (χ4n) is 0.935. The van der Waals surface area contributed by atoms with Gasteiger partial charge in [-0.1, -0.05) is 12.7 Å². The lowest BCUT2D eigenvalue weighted by Crippen LogP contribution is -2.30. The predicted octanol–water partition coefficient (Wildman–Crippen LogP) is 0.679.